The number of benzene rings is 1. The summed E-state index contributed by atoms with van der Waals surface area (Å²) in [4.78, 5) is 14.7. The molecule has 110 valence electrons. The number of carbonyl (C=O) groups is 1. The van der Waals surface area contributed by atoms with Crippen LogP contribution in [0.1, 0.15) is 40.0 Å². The van der Waals surface area contributed by atoms with Crippen molar-refractivity contribution in [3.05, 3.63) is 30.1 Å². The Morgan fingerprint density at radius 3 is 2.90 bits per heavy atom. The molecule has 1 aromatic carbocycles. The minimum Gasteiger partial charge on any atom is -0.325 e. The molecule has 20 heavy (non-hydrogen) atoms. The van der Waals surface area contributed by atoms with E-state index in [4.69, 9.17) is 0 Å². The zero-order valence-corrected chi connectivity index (χ0v) is 12.4. The molecule has 2 rings (SSSR count). The molecule has 1 unspecified atom stereocenters. The first-order chi connectivity index (χ1) is 9.44. The summed E-state index contributed by atoms with van der Waals surface area (Å²) >= 11 is 0. The van der Waals surface area contributed by atoms with Gasteiger partial charge in [-0.25, -0.2) is 4.39 Å². The van der Waals surface area contributed by atoms with Crippen LogP contribution < -0.4 is 5.32 Å². The molecule has 0 aliphatic carbocycles. The predicted molar refractivity (Wildman–Crippen MR) is 79.1 cm³/mol. The van der Waals surface area contributed by atoms with E-state index in [1.165, 1.54) is 12.1 Å². The fraction of sp³-hybridized carbons (Fsp3) is 0.562. The first-order valence-electron chi connectivity index (χ1n) is 7.27. The van der Waals surface area contributed by atoms with E-state index in [1.807, 2.05) is 0 Å². The van der Waals surface area contributed by atoms with Crippen LogP contribution in [0.15, 0.2) is 24.3 Å². The Hall–Kier alpha value is -1.42. The van der Waals surface area contributed by atoms with Crippen LogP contribution in [0, 0.1) is 5.82 Å². The lowest BCUT2D eigenvalue weighted by molar-refractivity contribution is -0.122. The minimum absolute atomic E-state index is 0.0143. The largest absolute Gasteiger partial charge is 0.325 e. The predicted octanol–water partition coefficient (Wildman–Crippen LogP) is 3.42. The highest BCUT2D eigenvalue weighted by Gasteiger charge is 2.38. The standard InChI is InChI=1S/C16H23FN2O/c1-4-16(2,3)19-10-6-9-14(19)15(20)18-13-8-5-7-12(17)11-13/h5,7-8,11,14H,4,6,9-10H2,1-3H3,(H,18,20). The zero-order valence-electron chi connectivity index (χ0n) is 12.4. The molecule has 1 atom stereocenters. The summed E-state index contributed by atoms with van der Waals surface area (Å²) in [7, 11) is 0. The number of nitrogens with one attached hydrogen (secondary N) is 1. The van der Waals surface area contributed by atoms with Crippen LogP contribution in [0.5, 0.6) is 0 Å². The quantitative estimate of drug-likeness (QED) is 0.915. The molecule has 0 radical (unpaired) electrons. The first kappa shape index (κ1) is 15.0. The Labute approximate surface area is 120 Å². The molecule has 1 saturated heterocycles. The van der Waals surface area contributed by atoms with E-state index in [2.05, 4.69) is 31.0 Å². The van der Waals surface area contributed by atoms with E-state index in [0.29, 0.717) is 5.69 Å². The topological polar surface area (TPSA) is 32.3 Å². The smallest absolute Gasteiger partial charge is 0.241 e. The molecule has 3 nitrogen and oxygen atoms in total. The van der Waals surface area contributed by atoms with Crippen molar-refractivity contribution in [2.24, 2.45) is 0 Å². The second-order valence-corrected chi connectivity index (χ2v) is 6.02. The van der Waals surface area contributed by atoms with E-state index in [0.717, 1.165) is 25.8 Å². The Morgan fingerprint density at radius 1 is 1.50 bits per heavy atom. The fourth-order valence-electron chi connectivity index (χ4n) is 2.76. The molecule has 0 bridgehead atoms. The van der Waals surface area contributed by atoms with Gasteiger partial charge in [0.15, 0.2) is 0 Å². The number of anilines is 1. The van der Waals surface area contributed by atoms with Crippen molar-refractivity contribution >= 4 is 11.6 Å². The van der Waals surface area contributed by atoms with Gasteiger partial charge in [0, 0.05) is 11.2 Å². The highest BCUT2D eigenvalue weighted by molar-refractivity contribution is 5.95. The van der Waals surface area contributed by atoms with Gasteiger partial charge >= 0.3 is 0 Å². The van der Waals surface area contributed by atoms with Crippen LogP contribution >= 0.6 is 0 Å². The Morgan fingerprint density at radius 2 is 2.25 bits per heavy atom. The summed E-state index contributed by atoms with van der Waals surface area (Å²) in [5.41, 5.74) is 0.539. The second kappa shape index (κ2) is 5.92. The molecule has 4 heteroatoms. The van der Waals surface area contributed by atoms with Gasteiger partial charge in [0.05, 0.1) is 6.04 Å². The van der Waals surface area contributed by atoms with Gasteiger partial charge in [0.2, 0.25) is 5.91 Å². The van der Waals surface area contributed by atoms with Crippen molar-refractivity contribution < 1.29 is 9.18 Å². The summed E-state index contributed by atoms with van der Waals surface area (Å²) in [6, 6.07) is 5.92. The van der Waals surface area contributed by atoms with Crippen molar-refractivity contribution in [2.45, 2.75) is 51.6 Å². The number of nitrogens with zero attached hydrogens (tertiary/aromatic N) is 1. The molecular weight excluding hydrogens is 255 g/mol. The number of likely N-dealkylation sites (tertiary alicyclic amines) is 1. The van der Waals surface area contributed by atoms with E-state index in [9.17, 15) is 9.18 Å². The summed E-state index contributed by atoms with van der Waals surface area (Å²) in [5, 5.41) is 2.83. The van der Waals surface area contributed by atoms with Crippen molar-refractivity contribution in [3.8, 4) is 0 Å². The lowest BCUT2D eigenvalue weighted by Gasteiger charge is -2.38. The normalized spacial score (nSPS) is 20.1. The zero-order chi connectivity index (χ0) is 14.8. The summed E-state index contributed by atoms with van der Waals surface area (Å²) in [5.74, 6) is -0.366. The van der Waals surface area contributed by atoms with Gasteiger partial charge < -0.3 is 5.32 Å². The van der Waals surface area contributed by atoms with Gasteiger partial charge in [0.25, 0.3) is 0 Å². The molecule has 1 fully saturated rings. The number of hydrogen-bond acceptors (Lipinski definition) is 2. The van der Waals surface area contributed by atoms with Crippen LogP contribution in [0.25, 0.3) is 0 Å². The van der Waals surface area contributed by atoms with Crippen LogP contribution in [-0.2, 0) is 4.79 Å². The molecule has 0 saturated carbocycles. The van der Waals surface area contributed by atoms with E-state index in [-0.39, 0.29) is 23.3 Å². The molecule has 1 amide bonds. The van der Waals surface area contributed by atoms with E-state index < -0.39 is 0 Å². The maximum Gasteiger partial charge on any atom is 0.241 e. The van der Waals surface area contributed by atoms with Crippen molar-refractivity contribution in [1.82, 2.24) is 4.90 Å². The highest BCUT2D eigenvalue weighted by Crippen LogP contribution is 2.29. The third kappa shape index (κ3) is 3.18. The number of hydrogen-bond donors (Lipinski definition) is 1. The van der Waals surface area contributed by atoms with Crippen LogP contribution in [0.4, 0.5) is 10.1 Å². The Bertz CT molecular complexity index is 487. The molecule has 0 aromatic heterocycles. The van der Waals surface area contributed by atoms with Gasteiger partial charge in [-0.2, -0.15) is 0 Å². The third-order valence-electron chi connectivity index (χ3n) is 4.29. The highest BCUT2D eigenvalue weighted by atomic mass is 19.1. The minimum atomic E-state index is -0.333. The molecule has 0 spiro atoms. The molecule has 1 aliphatic rings. The number of amides is 1. The van der Waals surface area contributed by atoms with Crippen LogP contribution in [0.3, 0.4) is 0 Å². The SMILES string of the molecule is CCC(C)(C)N1CCCC1C(=O)Nc1cccc(F)c1. The van der Waals surface area contributed by atoms with Crippen molar-refractivity contribution in [1.29, 1.82) is 0 Å². The maximum atomic E-state index is 13.2. The molecule has 1 aromatic rings. The maximum absolute atomic E-state index is 13.2. The lowest BCUT2D eigenvalue weighted by atomic mass is 9.98. The van der Waals surface area contributed by atoms with Gasteiger partial charge in [0.1, 0.15) is 5.82 Å². The average Bonchev–Trinajstić information content (AvgIpc) is 2.88. The Balaban J connectivity index is 2.08. The van der Waals surface area contributed by atoms with Crippen molar-refractivity contribution in [3.63, 3.8) is 0 Å². The molecule has 1 N–H and O–H groups in total. The number of carbonyl (C=O) groups excluding carboxylic acids is 1. The summed E-state index contributed by atoms with van der Waals surface area (Å²) in [6.07, 6.45) is 2.89. The van der Waals surface area contributed by atoms with Crippen molar-refractivity contribution in [2.75, 3.05) is 11.9 Å². The van der Waals surface area contributed by atoms with Crippen LogP contribution in [-0.4, -0.2) is 28.9 Å². The number of rotatable bonds is 4. The first-order valence-corrected chi connectivity index (χ1v) is 7.27. The molecular formula is C16H23FN2O. The van der Waals surface area contributed by atoms with E-state index in [1.54, 1.807) is 12.1 Å². The van der Waals surface area contributed by atoms with E-state index >= 15 is 0 Å². The third-order valence-corrected chi connectivity index (χ3v) is 4.29. The number of halogens is 1. The van der Waals surface area contributed by atoms with Crippen LogP contribution in [0.2, 0.25) is 0 Å². The summed E-state index contributed by atoms with van der Waals surface area (Å²) in [6.45, 7) is 7.42. The van der Waals surface area contributed by atoms with Gasteiger partial charge in [-0.1, -0.05) is 13.0 Å². The van der Waals surface area contributed by atoms with Gasteiger partial charge in [-0.15, -0.1) is 0 Å². The molecule has 1 heterocycles. The summed E-state index contributed by atoms with van der Waals surface area (Å²) < 4.78 is 13.2. The van der Waals surface area contributed by atoms with Gasteiger partial charge in [-0.3, -0.25) is 9.69 Å². The lowest BCUT2D eigenvalue weighted by Crippen LogP contribution is -2.50. The fourth-order valence-corrected chi connectivity index (χ4v) is 2.76. The van der Waals surface area contributed by atoms with Gasteiger partial charge in [-0.05, 0) is 57.9 Å². The molecule has 1 aliphatic heterocycles. The second-order valence-electron chi connectivity index (χ2n) is 6.02. The monoisotopic (exact) mass is 278 g/mol. The average molecular weight is 278 g/mol. The Kier molecular flexibility index (Phi) is 4.43.